The Bertz CT molecular complexity index is 357. The molecular formula is C8H7BrF2N2O. The summed E-state index contributed by atoms with van der Waals surface area (Å²) in [7, 11) is 0. The van der Waals surface area contributed by atoms with Gasteiger partial charge in [-0.3, -0.25) is 4.79 Å². The van der Waals surface area contributed by atoms with E-state index in [1.807, 2.05) is 0 Å². The lowest BCUT2D eigenvalue weighted by molar-refractivity contribution is 0.0994. The lowest BCUT2D eigenvalue weighted by Crippen LogP contribution is -2.14. The molecule has 0 saturated heterocycles. The Kier molecular flexibility index (Phi) is 3.51. The van der Waals surface area contributed by atoms with Crippen LogP contribution in [0.5, 0.6) is 0 Å². The third kappa shape index (κ3) is 2.25. The average Bonchev–Trinajstić information content (AvgIpc) is 2.16. The monoisotopic (exact) mass is 264 g/mol. The normalized spacial score (nSPS) is 10.6. The van der Waals surface area contributed by atoms with E-state index in [0.29, 0.717) is 0 Å². The molecule has 0 atom stereocenters. The van der Waals surface area contributed by atoms with Crippen molar-refractivity contribution in [3.8, 4) is 0 Å². The third-order valence-corrected chi connectivity index (χ3v) is 2.15. The summed E-state index contributed by atoms with van der Waals surface area (Å²) in [6.07, 6.45) is -2.60. The lowest BCUT2D eigenvalue weighted by Gasteiger charge is -2.05. The second kappa shape index (κ2) is 4.45. The molecule has 3 nitrogen and oxygen atoms in total. The summed E-state index contributed by atoms with van der Waals surface area (Å²) in [5.41, 5.74) is 4.90. The number of carbonyl (C=O) groups is 1. The van der Waals surface area contributed by atoms with Crippen LogP contribution in [0, 0.1) is 0 Å². The van der Waals surface area contributed by atoms with E-state index in [2.05, 4.69) is 20.9 Å². The van der Waals surface area contributed by atoms with Gasteiger partial charge >= 0.3 is 0 Å². The van der Waals surface area contributed by atoms with Gasteiger partial charge in [-0.1, -0.05) is 15.9 Å². The van der Waals surface area contributed by atoms with Gasteiger partial charge in [-0.05, 0) is 12.1 Å². The summed E-state index contributed by atoms with van der Waals surface area (Å²) >= 11 is 3.01. The number of pyridine rings is 1. The van der Waals surface area contributed by atoms with Crippen molar-refractivity contribution in [2.75, 3.05) is 0 Å². The molecule has 0 aliphatic carbocycles. The minimum absolute atomic E-state index is 0.0103. The van der Waals surface area contributed by atoms with E-state index in [-0.39, 0.29) is 22.3 Å². The van der Waals surface area contributed by atoms with Crippen LogP contribution in [-0.2, 0) is 5.33 Å². The number of aromatic nitrogens is 1. The second-order valence-electron chi connectivity index (χ2n) is 2.53. The molecule has 76 valence electrons. The number of rotatable bonds is 3. The molecule has 1 aromatic rings. The predicted octanol–water partition coefficient (Wildman–Crippen LogP) is 2.01. The van der Waals surface area contributed by atoms with Gasteiger partial charge in [0.25, 0.3) is 12.3 Å². The van der Waals surface area contributed by atoms with Crippen molar-refractivity contribution in [3.05, 3.63) is 29.1 Å². The first kappa shape index (κ1) is 11.0. The van der Waals surface area contributed by atoms with Crippen molar-refractivity contribution in [1.29, 1.82) is 0 Å². The van der Waals surface area contributed by atoms with E-state index in [1.54, 1.807) is 0 Å². The molecule has 0 aliphatic rings. The Morgan fingerprint density at radius 3 is 2.64 bits per heavy atom. The number of primary amides is 1. The van der Waals surface area contributed by atoms with Crippen LogP contribution in [0.15, 0.2) is 12.1 Å². The van der Waals surface area contributed by atoms with Crippen LogP contribution in [0.2, 0.25) is 0 Å². The summed E-state index contributed by atoms with van der Waals surface area (Å²) in [6.45, 7) is 0. The maximum Gasteiger partial charge on any atom is 0.267 e. The number of amides is 1. The van der Waals surface area contributed by atoms with Gasteiger partial charge in [0.1, 0.15) is 5.69 Å². The fraction of sp³-hybridized carbons (Fsp3) is 0.250. The average molecular weight is 265 g/mol. The van der Waals surface area contributed by atoms with Crippen molar-refractivity contribution in [2.45, 2.75) is 11.8 Å². The molecule has 6 heteroatoms. The molecule has 0 aliphatic heterocycles. The highest BCUT2D eigenvalue weighted by atomic mass is 79.9. The van der Waals surface area contributed by atoms with Gasteiger partial charge in [-0.2, -0.15) is 0 Å². The van der Waals surface area contributed by atoms with E-state index in [0.717, 1.165) is 6.07 Å². The minimum Gasteiger partial charge on any atom is -0.364 e. The summed E-state index contributed by atoms with van der Waals surface area (Å²) in [4.78, 5) is 14.4. The van der Waals surface area contributed by atoms with Crippen LogP contribution in [0.1, 0.15) is 28.2 Å². The number of nitrogens with zero attached hydrogens (tertiary/aromatic N) is 1. The molecule has 0 spiro atoms. The third-order valence-electron chi connectivity index (χ3n) is 1.62. The highest BCUT2D eigenvalue weighted by molar-refractivity contribution is 9.08. The smallest absolute Gasteiger partial charge is 0.267 e. The fourth-order valence-corrected chi connectivity index (χ4v) is 1.40. The van der Waals surface area contributed by atoms with Gasteiger partial charge in [-0.15, -0.1) is 0 Å². The predicted molar refractivity (Wildman–Crippen MR) is 50.3 cm³/mol. The molecule has 1 heterocycles. The van der Waals surface area contributed by atoms with Crippen molar-refractivity contribution in [3.63, 3.8) is 0 Å². The topological polar surface area (TPSA) is 56.0 Å². The van der Waals surface area contributed by atoms with Gasteiger partial charge in [0.05, 0.1) is 5.69 Å². The fourth-order valence-electron chi connectivity index (χ4n) is 0.955. The van der Waals surface area contributed by atoms with Crippen LogP contribution in [0.3, 0.4) is 0 Å². The number of halogens is 3. The molecule has 1 rings (SSSR count). The molecule has 0 unspecified atom stereocenters. The zero-order valence-corrected chi connectivity index (χ0v) is 8.59. The molecule has 0 saturated carbocycles. The zero-order valence-electron chi connectivity index (χ0n) is 7.01. The Hall–Kier alpha value is -1.04. The molecule has 0 bridgehead atoms. The minimum atomic E-state index is -2.60. The first-order valence-electron chi connectivity index (χ1n) is 3.70. The number of hydrogen-bond donors (Lipinski definition) is 1. The molecule has 14 heavy (non-hydrogen) atoms. The van der Waals surface area contributed by atoms with E-state index in [1.165, 1.54) is 6.07 Å². The molecule has 1 aromatic heterocycles. The molecule has 2 N–H and O–H groups in total. The van der Waals surface area contributed by atoms with Crippen molar-refractivity contribution in [2.24, 2.45) is 5.73 Å². The van der Waals surface area contributed by atoms with E-state index in [9.17, 15) is 13.6 Å². The summed E-state index contributed by atoms with van der Waals surface area (Å²) in [6, 6.07) is 2.35. The highest BCUT2D eigenvalue weighted by Gasteiger charge is 2.15. The standard InChI is InChI=1S/C8H7BrF2N2O/c9-3-6-4(7(10)11)1-2-5(13-6)8(12)14/h1-2,7H,3H2,(H2,12,14). The maximum atomic E-state index is 12.4. The van der Waals surface area contributed by atoms with Crippen LogP contribution >= 0.6 is 15.9 Å². The quantitative estimate of drug-likeness (QED) is 0.850. The Morgan fingerprint density at radius 2 is 2.21 bits per heavy atom. The zero-order chi connectivity index (χ0) is 10.7. The number of carbonyl (C=O) groups excluding carboxylic acids is 1. The lowest BCUT2D eigenvalue weighted by atomic mass is 10.2. The Morgan fingerprint density at radius 1 is 1.57 bits per heavy atom. The summed E-state index contributed by atoms with van der Waals surface area (Å²) in [5, 5.41) is 0.161. The van der Waals surface area contributed by atoms with Gasteiger partial charge in [0.2, 0.25) is 0 Å². The van der Waals surface area contributed by atoms with Crippen LogP contribution < -0.4 is 5.73 Å². The van der Waals surface area contributed by atoms with Crippen LogP contribution in [-0.4, -0.2) is 10.9 Å². The molecule has 0 radical (unpaired) electrons. The molecule has 0 aromatic carbocycles. The second-order valence-corrected chi connectivity index (χ2v) is 3.09. The molecular weight excluding hydrogens is 258 g/mol. The number of hydrogen-bond acceptors (Lipinski definition) is 2. The van der Waals surface area contributed by atoms with Crippen molar-refractivity contribution in [1.82, 2.24) is 4.98 Å². The van der Waals surface area contributed by atoms with E-state index >= 15 is 0 Å². The van der Waals surface area contributed by atoms with E-state index in [4.69, 9.17) is 5.73 Å². The van der Waals surface area contributed by atoms with Gasteiger partial charge < -0.3 is 5.73 Å². The largest absolute Gasteiger partial charge is 0.364 e. The van der Waals surface area contributed by atoms with Gasteiger partial charge in [0, 0.05) is 10.9 Å². The molecule has 0 fully saturated rings. The number of nitrogens with two attached hydrogens (primary N) is 1. The van der Waals surface area contributed by atoms with Crippen LogP contribution in [0.25, 0.3) is 0 Å². The Balaban J connectivity index is 3.18. The maximum absolute atomic E-state index is 12.4. The van der Waals surface area contributed by atoms with Crippen LogP contribution in [0.4, 0.5) is 8.78 Å². The van der Waals surface area contributed by atoms with E-state index < -0.39 is 12.3 Å². The SMILES string of the molecule is NC(=O)c1ccc(C(F)F)c(CBr)n1. The number of alkyl halides is 3. The molecule has 1 amide bonds. The summed E-state index contributed by atoms with van der Waals surface area (Å²) < 4.78 is 24.7. The van der Waals surface area contributed by atoms with Gasteiger partial charge in [0.15, 0.2) is 0 Å². The van der Waals surface area contributed by atoms with Crippen molar-refractivity contribution < 1.29 is 13.6 Å². The summed E-state index contributed by atoms with van der Waals surface area (Å²) in [5.74, 6) is -0.729. The van der Waals surface area contributed by atoms with Crippen molar-refractivity contribution >= 4 is 21.8 Å². The first-order chi connectivity index (χ1) is 6.56. The van der Waals surface area contributed by atoms with Gasteiger partial charge in [-0.25, -0.2) is 13.8 Å². The highest BCUT2D eigenvalue weighted by Crippen LogP contribution is 2.23. The Labute approximate surface area is 87.4 Å². The first-order valence-corrected chi connectivity index (χ1v) is 4.82.